The van der Waals surface area contributed by atoms with Crippen LogP contribution in [-0.4, -0.2) is 62.6 Å². The van der Waals surface area contributed by atoms with Gasteiger partial charge in [0.1, 0.15) is 21.8 Å². The summed E-state index contributed by atoms with van der Waals surface area (Å²) in [6, 6.07) is 10.2. The van der Waals surface area contributed by atoms with Crippen LogP contribution in [0.15, 0.2) is 58.2 Å². The second kappa shape index (κ2) is 9.56. The topological polar surface area (TPSA) is 112 Å². The summed E-state index contributed by atoms with van der Waals surface area (Å²) in [6.45, 7) is 2.35. The maximum absolute atomic E-state index is 13.3. The van der Waals surface area contributed by atoms with Gasteiger partial charge in [-0.2, -0.15) is 5.10 Å². The molecule has 10 nitrogen and oxygen atoms in total. The first-order valence-corrected chi connectivity index (χ1v) is 12.7. The number of fused-ring (bicyclic) bond motifs is 1. The highest BCUT2D eigenvalue weighted by atomic mass is 32.2. The van der Waals surface area contributed by atoms with Crippen LogP contribution in [-0.2, 0) is 16.6 Å². The van der Waals surface area contributed by atoms with Crippen LogP contribution in [0.4, 0.5) is 5.82 Å². The first kappa shape index (κ1) is 23.7. The van der Waals surface area contributed by atoms with Gasteiger partial charge in [0.15, 0.2) is 11.4 Å². The van der Waals surface area contributed by atoms with Gasteiger partial charge in [-0.1, -0.05) is 17.0 Å². The molecule has 4 aromatic rings. The van der Waals surface area contributed by atoms with E-state index >= 15 is 0 Å². The molecule has 0 atom stereocenters. The molecule has 2 aromatic carbocycles. The minimum absolute atomic E-state index is 0.0208. The van der Waals surface area contributed by atoms with Crippen molar-refractivity contribution in [1.29, 1.82) is 0 Å². The Bertz CT molecular complexity index is 1560. The quantitative estimate of drug-likeness (QED) is 0.380. The van der Waals surface area contributed by atoms with Gasteiger partial charge < -0.3 is 18.9 Å². The van der Waals surface area contributed by atoms with Crippen molar-refractivity contribution >= 4 is 26.8 Å². The van der Waals surface area contributed by atoms with Crippen molar-refractivity contribution in [2.75, 3.05) is 39.1 Å². The maximum atomic E-state index is 13.3. The maximum Gasteiger partial charge on any atom is 0.266 e. The van der Waals surface area contributed by atoms with Crippen LogP contribution in [0.1, 0.15) is 11.1 Å². The van der Waals surface area contributed by atoms with Crippen LogP contribution in [0, 0.1) is 17.8 Å². The van der Waals surface area contributed by atoms with Crippen LogP contribution < -0.4 is 14.2 Å². The molecule has 2 aromatic heterocycles. The number of hydrogen-bond donors (Lipinski definition) is 1. The number of sulfonamides is 1. The Morgan fingerprint density at radius 1 is 1.17 bits per heavy atom. The van der Waals surface area contributed by atoms with Gasteiger partial charge in [-0.15, -0.1) is 0 Å². The van der Waals surface area contributed by atoms with E-state index in [0.717, 1.165) is 18.7 Å². The molecule has 3 heterocycles. The Balaban J connectivity index is 1.43. The fourth-order valence-electron chi connectivity index (χ4n) is 4.12. The van der Waals surface area contributed by atoms with Crippen LogP contribution in [0.5, 0.6) is 11.5 Å². The molecule has 0 unspecified atom stereocenters. The highest BCUT2D eigenvalue weighted by molar-refractivity contribution is 7.92. The molecule has 0 radical (unpaired) electrons. The van der Waals surface area contributed by atoms with E-state index in [1.807, 2.05) is 19.3 Å². The first-order valence-electron chi connectivity index (χ1n) is 11.2. The standard InChI is InChI=1S/C25H25N5O5S/c1-29-14-18(15-29)6-5-17-7-8-23(20(11-17)33-2)36(31,32)28-25-24-21(34-3)12-19(13-22(24)35-27-25)16-30-10-4-9-26-30/h4,7-13,18H,14-16H2,1-3H3,(H,27,28). The van der Waals surface area contributed by atoms with Gasteiger partial charge in [0, 0.05) is 37.0 Å². The number of benzene rings is 2. The SMILES string of the molecule is COc1cc(C#CC2CN(C)C2)ccc1S(=O)(=O)Nc1noc2cc(Cn3cccn3)cc(OC)c12. The monoisotopic (exact) mass is 507 g/mol. The lowest BCUT2D eigenvalue weighted by atomic mass is 10.0. The number of hydrogen-bond acceptors (Lipinski definition) is 8. The number of aromatic nitrogens is 3. The van der Waals surface area contributed by atoms with Gasteiger partial charge in [0.2, 0.25) is 0 Å². The Hall–Kier alpha value is -4.01. The van der Waals surface area contributed by atoms with Gasteiger partial charge in [-0.25, -0.2) is 8.42 Å². The highest BCUT2D eigenvalue weighted by Crippen LogP contribution is 2.36. The molecule has 1 N–H and O–H groups in total. The summed E-state index contributed by atoms with van der Waals surface area (Å²) in [4.78, 5) is 2.15. The number of nitrogens with one attached hydrogen (secondary N) is 1. The molecule has 11 heteroatoms. The number of methoxy groups -OCH3 is 2. The fraction of sp³-hybridized carbons (Fsp3) is 0.280. The Morgan fingerprint density at radius 3 is 2.67 bits per heavy atom. The summed E-state index contributed by atoms with van der Waals surface area (Å²) in [7, 11) is 0.900. The first-order chi connectivity index (χ1) is 17.4. The molecule has 0 spiro atoms. The van der Waals surface area contributed by atoms with E-state index in [-0.39, 0.29) is 16.5 Å². The molecular weight excluding hydrogens is 482 g/mol. The third-order valence-electron chi connectivity index (χ3n) is 5.89. The van der Waals surface area contributed by atoms with Gasteiger partial charge in [0.05, 0.1) is 20.8 Å². The van der Waals surface area contributed by atoms with Crippen LogP contribution in [0.25, 0.3) is 11.0 Å². The molecule has 1 saturated heterocycles. The second-order valence-electron chi connectivity index (χ2n) is 8.56. The van der Waals surface area contributed by atoms with Crippen molar-refractivity contribution < 1.29 is 22.4 Å². The van der Waals surface area contributed by atoms with E-state index in [9.17, 15) is 8.42 Å². The average Bonchev–Trinajstić information content (AvgIpc) is 3.50. The van der Waals surface area contributed by atoms with Gasteiger partial charge in [0.25, 0.3) is 10.0 Å². The summed E-state index contributed by atoms with van der Waals surface area (Å²) in [6.07, 6.45) is 3.53. The molecule has 0 saturated carbocycles. The van der Waals surface area contributed by atoms with E-state index in [0.29, 0.717) is 34.7 Å². The summed E-state index contributed by atoms with van der Waals surface area (Å²) >= 11 is 0. The number of ether oxygens (including phenoxy) is 2. The predicted octanol–water partition coefficient (Wildman–Crippen LogP) is 2.80. The zero-order valence-corrected chi connectivity index (χ0v) is 20.9. The minimum atomic E-state index is -4.06. The highest BCUT2D eigenvalue weighted by Gasteiger charge is 2.25. The van der Waals surface area contributed by atoms with Crippen LogP contribution >= 0.6 is 0 Å². The van der Waals surface area contributed by atoms with Crippen molar-refractivity contribution in [2.24, 2.45) is 5.92 Å². The summed E-state index contributed by atoms with van der Waals surface area (Å²) in [5, 5.41) is 8.58. The van der Waals surface area contributed by atoms with Crippen molar-refractivity contribution in [3.63, 3.8) is 0 Å². The number of rotatable bonds is 7. The second-order valence-corrected chi connectivity index (χ2v) is 10.2. The lowest BCUT2D eigenvalue weighted by Gasteiger charge is -2.32. The van der Waals surface area contributed by atoms with Gasteiger partial charge in [-0.3, -0.25) is 9.40 Å². The lowest BCUT2D eigenvalue weighted by molar-refractivity contribution is 0.177. The summed E-state index contributed by atoms with van der Waals surface area (Å²) in [5.74, 6) is 7.26. The molecule has 186 valence electrons. The zero-order chi connectivity index (χ0) is 25.3. The molecule has 0 bridgehead atoms. The van der Waals surface area contributed by atoms with Crippen LogP contribution in [0.2, 0.25) is 0 Å². The Labute approximate surface area is 208 Å². The van der Waals surface area contributed by atoms with Crippen molar-refractivity contribution in [2.45, 2.75) is 11.4 Å². The lowest BCUT2D eigenvalue weighted by Crippen LogP contribution is -2.42. The molecule has 5 rings (SSSR count). The van der Waals surface area contributed by atoms with E-state index in [1.165, 1.54) is 20.3 Å². The van der Waals surface area contributed by atoms with E-state index in [4.69, 9.17) is 14.0 Å². The third kappa shape index (κ3) is 4.73. The van der Waals surface area contributed by atoms with E-state index in [1.54, 1.807) is 35.1 Å². The molecule has 36 heavy (non-hydrogen) atoms. The number of likely N-dealkylation sites (tertiary alicyclic amines) is 1. The third-order valence-corrected chi connectivity index (χ3v) is 7.27. The predicted molar refractivity (Wildman–Crippen MR) is 134 cm³/mol. The van der Waals surface area contributed by atoms with Crippen molar-refractivity contribution in [1.82, 2.24) is 19.8 Å². The van der Waals surface area contributed by atoms with E-state index in [2.05, 4.69) is 31.7 Å². The van der Waals surface area contributed by atoms with Gasteiger partial charge in [-0.05, 0) is 49.0 Å². The molecule has 1 aliphatic rings. The zero-order valence-electron chi connectivity index (χ0n) is 20.1. The smallest absolute Gasteiger partial charge is 0.266 e. The largest absolute Gasteiger partial charge is 0.496 e. The minimum Gasteiger partial charge on any atom is -0.496 e. The average molecular weight is 508 g/mol. The molecular formula is C25H25N5O5S. The van der Waals surface area contributed by atoms with Crippen LogP contribution in [0.3, 0.4) is 0 Å². The Morgan fingerprint density at radius 2 is 1.97 bits per heavy atom. The van der Waals surface area contributed by atoms with Crippen molar-refractivity contribution in [3.8, 4) is 23.3 Å². The van der Waals surface area contributed by atoms with Crippen molar-refractivity contribution in [3.05, 3.63) is 59.9 Å². The molecule has 0 aliphatic carbocycles. The number of anilines is 1. The normalized spacial score (nSPS) is 14.2. The van der Waals surface area contributed by atoms with E-state index < -0.39 is 10.0 Å². The molecule has 1 fully saturated rings. The fourth-order valence-corrected chi connectivity index (χ4v) is 5.28. The van der Waals surface area contributed by atoms with Gasteiger partial charge >= 0.3 is 0 Å². The Kier molecular flexibility index (Phi) is 6.30. The summed E-state index contributed by atoms with van der Waals surface area (Å²) < 4.78 is 47.2. The molecule has 1 aliphatic heterocycles. The number of nitrogens with zero attached hydrogens (tertiary/aromatic N) is 4. The molecule has 0 amide bonds. The summed E-state index contributed by atoms with van der Waals surface area (Å²) in [5.41, 5.74) is 1.92.